The van der Waals surface area contributed by atoms with Gasteiger partial charge in [0.05, 0.1) is 0 Å². The van der Waals surface area contributed by atoms with E-state index in [4.69, 9.17) is 4.74 Å². The summed E-state index contributed by atoms with van der Waals surface area (Å²) in [6.07, 6.45) is 5.74. The van der Waals surface area contributed by atoms with Gasteiger partial charge in [-0.05, 0) is 144 Å². The molecule has 4 aliphatic carbocycles. The van der Waals surface area contributed by atoms with Crippen molar-refractivity contribution >= 4 is 17.5 Å². The predicted molar refractivity (Wildman–Crippen MR) is 247 cm³/mol. The first-order valence-corrected chi connectivity index (χ1v) is 22.9. The number of hydrogen-bond donors (Lipinski definition) is 5. The van der Waals surface area contributed by atoms with Crippen molar-refractivity contribution in [3.8, 4) is 23.0 Å². The summed E-state index contributed by atoms with van der Waals surface area (Å²) in [5.41, 5.74) is 3.68. The number of esters is 1. The molecule has 9 heteroatoms. The third-order valence-corrected chi connectivity index (χ3v) is 16.5. The zero-order valence-corrected chi connectivity index (χ0v) is 37.5. The summed E-state index contributed by atoms with van der Waals surface area (Å²) < 4.78 is 5.21. The number of carbonyl (C=O) groups excluding carboxylic acids is 3. The standard InChI is InChI=1S/C56H58O9/c1-33(57)65-31-49(63)56(64)28-26-46-45-23-16-40-30-44(61)25-27-53(40,2)52(45)54(3,32-55(46,56)4)47-29-39(15-24-48(47)62)51(38-13-21-43(60)22-14-38)35-7-5-34(6-8-35)50(36-9-17-41(58)18-10-36)37-11-19-42(59)20-12-37/h5-15,17-22,24,29-30,45-46,50-52,58-60,62,64H,16,23,25-28,31-32H2,1-4H3/t45-,46-,51?,52-,53-,54?,55-,56-/m0/s1. The average Bonchev–Trinajstić information content (AvgIpc) is 3.55. The van der Waals surface area contributed by atoms with Crippen LogP contribution in [0.4, 0.5) is 0 Å². The van der Waals surface area contributed by atoms with Crippen molar-refractivity contribution in [2.24, 2.45) is 28.6 Å². The molecule has 9 rings (SSSR count). The van der Waals surface area contributed by atoms with E-state index in [1.165, 1.54) is 6.92 Å². The van der Waals surface area contributed by atoms with Gasteiger partial charge in [0.25, 0.3) is 0 Å². The average molecular weight is 875 g/mol. The third-order valence-electron chi connectivity index (χ3n) is 16.5. The lowest BCUT2D eigenvalue weighted by molar-refractivity contribution is -0.178. The van der Waals surface area contributed by atoms with E-state index >= 15 is 0 Å². The Morgan fingerprint density at radius 2 is 1.12 bits per heavy atom. The summed E-state index contributed by atoms with van der Waals surface area (Å²) in [4.78, 5) is 39.0. The van der Waals surface area contributed by atoms with Crippen LogP contribution in [0.3, 0.4) is 0 Å². The van der Waals surface area contributed by atoms with E-state index in [1.54, 1.807) is 42.5 Å². The van der Waals surface area contributed by atoms with Gasteiger partial charge in [-0.3, -0.25) is 14.4 Å². The smallest absolute Gasteiger partial charge is 0.303 e. The minimum absolute atomic E-state index is 0.0246. The van der Waals surface area contributed by atoms with Crippen molar-refractivity contribution < 1.29 is 44.7 Å². The number of Topliss-reactive ketones (excluding diaryl/α,β-unsaturated/α-hetero) is 1. The topological polar surface area (TPSA) is 162 Å². The molecule has 8 atom stereocenters. The fourth-order valence-corrected chi connectivity index (χ4v) is 13.6. The minimum atomic E-state index is -1.76. The summed E-state index contributed by atoms with van der Waals surface area (Å²) in [7, 11) is 0. The Morgan fingerprint density at radius 1 is 0.646 bits per heavy atom. The summed E-state index contributed by atoms with van der Waals surface area (Å²) in [6, 6.07) is 35.6. The fraction of sp³-hybridized carbons (Fsp3) is 0.375. The van der Waals surface area contributed by atoms with Gasteiger partial charge in [-0.15, -0.1) is 0 Å². The molecule has 5 aromatic rings. The number of aromatic hydroxyl groups is 4. The maximum Gasteiger partial charge on any atom is 0.303 e. The molecule has 0 saturated heterocycles. The van der Waals surface area contributed by atoms with Gasteiger partial charge in [0.15, 0.2) is 12.4 Å². The number of fused-ring (bicyclic) bond motifs is 5. The lowest BCUT2D eigenvalue weighted by Gasteiger charge is -2.65. The normalized spacial score (nSPS) is 28.7. The highest BCUT2D eigenvalue weighted by molar-refractivity contribution is 5.92. The second kappa shape index (κ2) is 16.4. The SMILES string of the molecule is CC(=O)OCC(=O)[C@@]1(O)CC[C@H]2[C@@H]3CCC4=CC(=O)CC[C@]4(C)[C@H]3C(C)(c3cc(C(c4ccc(O)cc4)c4ccc(C(c5ccc(O)cc5)c5ccc(O)cc5)cc4)ccc3O)C[C@@]21C. The minimum Gasteiger partial charge on any atom is -0.508 e. The van der Waals surface area contributed by atoms with E-state index in [1.807, 2.05) is 55.5 Å². The molecular weight excluding hydrogens is 817 g/mol. The monoisotopic (exact) mass is 874 g/mol. The molecule has 336 valence electrons. The highest BCUT2D eigenvalue weighted by atomic mass is 16.5. The largest absolute Gasteiger partial charge is 0.508 e. The summed E-state index contributed by atoms with van der Waals surface area (Å²) >= 11 is 0. The van der Waals surface area contributed by atoms with Crippen LogP contribution in [0.5, 0.6) is 23.0 Å². The van der Waals surface area contributed by atoms with Gasteiger partial charge in [0.1, 0.15) is 28.6 Å². The van der Waals surface area contributed by atoms with Gasteiger partial charge < -0.3 is 30.3 Å². The van der Waals surface area contributed by atoms with E-state index in [0.29, 0.717) is 31.2 Å². The first-order valence-electron chi connectivity index (χ1n) is 22.9. The predicted octanol–water partition coefficient (Wildman–Crippen LogP) is 10.1. The molecule has 5 N–H and O–H groups in total. The van der Waals surface area contributed by atoms with Crippen LogP contribution in [-0.2, 0) is 24.5 Å². The van der Waals surface area contributed by atoms with Crippen LogP contribution in [-0.4, -0.2) is 55.3 Å². The Morgan fingerprint density at radius 3 is 1.63 bits per heavy atom. The van der Waals surface area contributed by atoms with Gasteiger partial charge >= 0.3 is 5.97 Å². The van der Waals surface area contributed by atoms with Crippen LogP contribution in [0.25, 0.3) is 0 Å². The van der Waals surface area contributed by atoms with Crippen molar-refractivity contribution in [1.29, 1.82) is 0 Å². The van der Waals surface area contributed by atoms with Crippen molar-refractivity contribution in [2.45, 2.75) is 95.5 Å². The number of ether oxygens (including phenoxy) is 1. The van der Waals surface area contributed by atoms with Crippen LogP contribution in [0, 0.1) is 28.6 Å². The van der Waals surface area contributed by atoms with E-state index < -0.39 is 34.8 Å². The molecule has 0 heterocycles. The van der Waals surface area contributed by atoms with Gasteiger partial charge in [-0.25, -0.2) is 0 Å². The first-order chi connectivity index (χ1) is 30.9. The highest BCUT2D eigenvalue weighted by Gasteiger charge is 2.71. The molecule has 2 unspecified atom stereocenters. The molecule has 4 aliphatic rings. The number of benzene rings is 5. The lowest BCUT2D eigenvalue weighted by atomic mass is 9.38. The molecule has 0 aromatic heterocycles. The number of rotatable bonds is 10. The quantitative estimate of drug-likeness (QED) is 0.0679. The van der Waals surface area contributed by atoms with Gasteiger partial charge in [-0.2, -0.15) is 0 Å². The molecular formula is C56H58O9. The Labute approximate surface area is 380 Å². The van der Waals surface area contributed by atoms with Crippen LogP contribution < -0.4 is 0 Å². The van der Waals surface area contributed by atoms with Crippen LogP contribution in [0.2, 0.25) is 0 Å². The molecule has 0 spiro atoms. The number of aliphatic hydroxyl groups is 1. The van der Waals surface area contributed by atoms with E-state index in [-0.39, 0.29) is 70.2 Å². The molecule has 9 nitrogen and oxygen atoms in total. The van der Waals surface area contributed by atoms with Crippen LogP contribution in [0.15, 0.2) is 127 Å². The van der Waals surface area contributed by atoms with Gasteiger partial charge in [-0.1, -0.05) is 99.1 Å². The van der Waals surface area contributed by atoms with Crippen LogP contribution in [0.1, 0.15) is 123 Å². The fourth-order valence-electron chi connectivity index (χ4n) is 13.6. The molecule has 3 saturated carbocycles. The van der Waals surface area contributed by atoms with E-state index in [0.717, 1.165) is 51.8 Å². The number of phenolic OH excluding ortho intramolecular Hbond substituents is 4. The highest BCUT2D eigenvalue weighted by Crippen LogP contribution is 2.73. The molecule has 0 bridgehead atoms. The van der Waals surface area contributed by atoms with Crippen molar-refractivity contribution in [3.05, 3.63) is 166 Å². The number of carbonyl (C=O) groups is 3. The molecule has 5 aromatic carbocycles. The number of hydrogen-bond acceptors (Lipinski definition) is 9. The Kier molecular flexibility index (Phi) is 11.1. The molecule has 65 heavy (non-hydrogen) atoms. The lowest BCUT2D eigenvalue weighted by Crippen LogP contribution is -2.64. The van der Waals surface area contributed by atoms with E-state index in [2.05, 4.69) is 44.2 Å². The van der Waals surface area contributed by atoms with Crippen LogP contribution >= 0.6 is 0 Å². The van der Waals surface area contributed by atoms with Crippen molar-refractivity contribution in [3.63, 3.8) is 0 Å². The zero-order chi connectivity index (χ0) is 46.1. The maximum atomic E-state index is 14.1. The van der Waals surface area contributed by atoms with Crippen molar-refractivity contribution in [1.82, 2.24) is 0 Å². The molecule has 0 amide bonds. The molecule has 3 fully saturated rings. The van der Waals surface area contributed by atoms with Gasteiger partial charge in [0, 0.05) is 41.6 Å². The third kappa shape index (κ3) is 7.42. The zero-order valence-electron chi connectivity index (χ0n) is 37.5. The van der Waals surface area contributed by atoms with Crippen molar-refractivity contribution in [2.75, 3.05) is 6.61 Å². The summed E-state index contributed by atoms with van der Waals surface area (Å²) in [5, 5.41) is 55.6. The number of allylic oxidation sites excluding steroid dienone is 1. The second-order valence-corrected chi connectivity index (χ2v) is 20.0. The molecule has 0 radical (unpaired) electrons. The Balaban J connectivity index is 1.18. The van der Waals surface area contributed by atoms with Gasteiger partial charge in [0.2, 0.25) is 5.78 Å². The Bertz CT molecular complexity index is 2620. The first kappa shape index (κ1) is 44.0. The van der Waals surface area contributed by atoms with E-state index in [9.17, 15) is 39.9 Å². The summed E-state index contributed by atoms with van der Waals surface area (Å²) in [5.74, 6) is -0.944. The summed E-state index contributed by atoms with van der Waals surface area (Å²) in [6.45, 7) is 7.23. The number of ketones is 2. The maximum absolute atomic E-state index is 14.1. The second-order valence-electron chi connectivity index (χ2n) is 20.0. The molecule has 0 aliphatic heterocycles. The number of phenols is 4. The Hall–Kier alpha value is -6.19.